The Morgan fingerprint density at radius 1 is 1.55 bits per heavy atom. The summed E-state index contributed by atoms with van der Waals surface area (Å²) in [5, 5.41) is -0.0401. The van der Waals surface area contributed by atoms with Gasteiger partial charge in [-0.2, -0.15) is 4.98 Å². The van der Waals surface area contributed by atoms with E-state index in [2.05, 4.69) is 15.0 Å². The number of carbonyl (C=O) groups is 1. The van der Waals surface area contributed by atoms with Crippen LogP contribution in [-0.4, -0.2) is 29.3 Å². The zero-order valence-corrected chi connectivity index (χ0v) is 11.5. The van der Waals surface area contributed by atoms with Crippen LogP contribution in [0.4, 0.5) is 10.2 Å². The predicted octanol–water partition coefficient (Wildman–Crippen LogP) is 2.42. The molecule has 3 rings (SSSR count). The highest BCUT2D eigenvalue weighted by Gasteiger charge is 2.56. The molecule has 0 aromatic carbocycles. The maximum absolute atomic E-state index is 13.4. The van der Waals surface area contributed by atoms with E-state index < -0.39 is 5.82 Å². The lowest BCUT2D eigenvalue weighted by Gasteiger charge is -2.10. The highest BCUT2D eigenvalue weighted by atomic mass is 35.5. The number of nitrogens with zero attached hydrogens (tertiary/aromatic N) is 3. The van der Waals surface area contributed by atoms with E-state index >= 15 is 0 Å². The topological polar surface area (TPSA) is 64.4 Å². The molecule has 1 aromatic heterocycles. The highest BCUT2D eigenvalue weighted by molar-refractivity contribution is 6.28. The Balaban J connectivity index is 1.72. The van der Waals surface area contributed by atoms with Crippen molar-refractivity contribution in [3.8, 4) is 0 Å². The number of carbonyl (C=O) groups excluding carboxylic acids is 1. The van der Waals surface area contributed by atoms with Gasteiger partial charge in [-0.15, -0.1) is 0 Å². The molecule has 0 N–H and O–H groups in total. The van der Waals surface area contributed by atoms with E-state index in [0.29, 0.717) is 18.3 Å². The van der Waals surface area contributed by atoms with Crippen molar-refractivity contribution in [3.63, 3.8) is 0 Å². The van der Waals surface area contributed by atoms with Crippen LogP contribution in [0.5, 0.6) is 0 Å². The average Bonchev–Trinajstić information content (AvgIpc) is 3.15. The number of hydrogen-bond donors (Lipinski definition) is 0. The van der Waals surface area contributed by atoms with Crippen LogP contribution in [0.3, 0.4) is 0 Å². The van der Waals surface area contributed by atoms with Crippen molar-refractivity contribution in [2.45, 2.75) is 12.8 Å². The molecule has 5 nitrogen and oxygen atoms in total. The van der Waals surface area contributed by atoms with Gasteiger partial charge in [0.15, 0.2) is 11.6 Å². The zero-order chi connectivity index (χ0) is 14.3. The summed E-state index contributed by atoms with van der Waals surface area (Å²) in [6, 6.07) is 0. The fourth-order valence-corrected chi connectivity index (χ4v) is 3.15. The van der Waals surface area contributed by atoms with Crippen LogP contribution in [0.15, 0.2) is 11.2 Å². The van der Waals surface area contributed by atoms with Crippen molar-refractivity contribution in [1.29, 1.82) is 0 Å². The minimum absolute atomic E-state index is 0.0401. The molecule has 106 valence electrons. The number of hydrogen-bond acceptors (Lipinski definition) is 5. The molecular weight excluding hydrogens is 285 g/mol. The number of esters is 1. The van der Waals surface area contributed by atoms with Crippen molar-refractivity contribution in [3.05, 3.63) is 17.3 Å². The number of ether oxygens (including phenoxy) is 1. The van der Waals surface area contributed by atoms with Crippen LogP contribution in [0.1, 0.15) is 12.8 Å². The molecule has 2 saturated carbocycles. The third kappa shape index (κ3) is 2.40. The summed E-state index contributed by atoms with van der Waals surface area (Å²) in [4.78, 5) is 22.9. The van der Waals surface area contributed by atoms with Crippen molar-refractivity contribution in [2.75, 3.05) is 7.11 Å². The van der Waals surface area contributed by atoms with Gasteiger partial charge in [-0.3, -0.25) is 4.79 Å². The fraction of sp³-hybridized carbons (Fsp3) is 0.538. The summed E-state index contributed by atoms with van der Waals surface area (Å²) in [5.74, 6) is 0.104. The van der Waals surface area contributed by atoms with E-state index in [-0.39, 0.29) is 28.9 Å². The maximum atomic E-state index is 13.4. The molecule has 0 bridgehead atoms. The second-order valence-electron chi connectivity index (χ2n) is 5.18. The summed E-state index contributed by atoms with van der Waals surface area (Å²) < 4.78 is 18.2. The number of rotatable bonds is 3. The molecular formula is C13H13ClFN3O2. The Bertz CT molecular complexity index is 581. The molecule has 2 aliphatic carbocycles. The number of aliphatic imine (C=N–C) groups is 1. The largest absolute Gasteiger partial charge is 0.469 e. The standard InChI is InChI=1S/C13H13ClFN3O2/c1-20-12(19)9-2-6(7-3-8(7)9)4-16-11-10(15)5-17-13(14)18-11/h4-9H,2-3H2,1H3/b16-4+/t6?,7?,8?,9-/m0/s1. The summed E-state index contributed by atoms with van der Waals surface area (Å²) in [6.07, 6.45) is 4.37. The minimum atomic E-state index is -0.611. The Morgan fingerprint density at radius 2 is 2.35 bits per heavy atom. The predicted molar refractivity (Wildman–Crippen MR) is 70.4 cm³/mol. The van der Waals surface area contributed by atoms with E-state index in [9.17, 15) is 9.18 Å². The van der Waals surface area contributed by atoms with E-state index in [0.717, 1.165) is 12.6 Å². The SMILES string of the molecule is COC(=O)[C@H]1CC(/C=N/c2nc(Cl)ncc2F)C2CC21. The first-order chi connectivity index (χ1) is 9.60. The number of halogens is 2. The van der Waals surface area contributed by atoms with Crippen molar-refractivity contribution >= 4 is 29.6 Å². The smallest absolute Gasteiger partial charge is 0.308 e. The lowest BCUT2D eigenvalue weighted by molar-refractivity contribution is -0.146. The van der Waals surface area contributed by atoms with Crippen LogP contribution in [0, 0.1) is 29.5 Å². The highest BCUT2D eigenvalue weighted by Crippen LogP contribution is 2.58. The third-order valence-electron chi connectivity index (χ3n) is 4.07. The van der Waals surface area contributed by atoms with Crippen LogP contribution >= 0.6 is 11.6 Å². The van der Waals surface area contributed by atoms with Gasteiger partial charge in [-0.1, -0.05) is 0 Å². The number of fused-ring (bicyclic) bond motifs is 1. The van der Waals surface area contributed by atoms with Gasteiger partial charge in [0, 0.05) is 6.21 Å². The lowest BCUT2D eigenvalue weighted by atomic mass is 9.98. The average molecular weight is 298 g/mol. The third-order valence-corrected chi connectivity index (χ3v) is 4.25. The fourth-order valence-electron chi connectivity index (χ4n) is 3.02. The Labute approximate surface area is 120 Å². The van der Waals surface area contributed by atoms with E-state index in [4.69, 9.17) is 16.3 Å². The maximum Gasteiger partial charge on any atom is 0.308 e. The molecule has 4 atom stereocenters. The summed E-state index contributed by atoms with van der Waals surface area (Å²) in [6.45, 7) is 0. The van der Waals surface area contributed by atoms with E-state index in [1.807, 2.05) is 0 Å². The lowest BCUT2D eigenvalue weighted by Crippen LogP contribution is -2.17. The molecule has 20 heavy (non-hydrogen) atoms. The van der Waals surface area contributed by atoms with Gasteiger partial charge >= 0.3 is 5.97 Å². The normalized spacial score (nSPS) is 31.4. The molecule has 0 radical (unpaired) electrons. The molecule has 2 aliphatic rings. The molecule has 0 saturated heterocycles. The van der Waals surface area contributed by atoms with Gasteiger partial charge in [0.05, 0.1) is 19.2 Å². The zero-order valence-electron chi connectivity index (χ0n) is 10.8. The Kier molecular flexibility index (Phi) is 3.41. The first-order valence-corrected chi connectivity index (χ1v) is 6.78. The first kappa shape index (κ1) is 13.4. The van der Waals surface area contributed by atoms with Crippen LogP contribution < -0.4 is 0 Å². The van der Waals surface area contributed by atoms with Crippen molar-refractivity contribution in [1.82, 2.24) is 9.97 Å². The van der Waals surface area contributed by atoms with Crippen LogP contribution in [-0.2, 0) is 9.53 Å². The van der Waals surface area contributed by atoms with Crippen molar-refractivity contribution in [2.24, 2.45) is 28.7 Å². The summed E-state index contributed by atoms with van der Waals surface area (Å²) in [7, 11) is 1.40. The van der Waals surface area contributed by atoms with Crippen LogP contribution in [0.2, 0.25) is 5.28 Å². The van der Waals surface area contributed by atoms with Gasteiger partial charge < -0.3 is 4.74 Å². The quantitative estimate of drug-likeness (QED) is 0.488. The molecule has 7 heteroatoms. The van der Waals surface area contributed by atoms with Gasteiger partial charge in [-0.05, 0) is 42.2 Å². The molecule has 0 amide bonds. The van der Waals surface area contributed by atoms with Crippen LogP contribution in [0.25, 0.3) is 0 Å². The first-order valence-electron chi connectivity index (χ1n) is 6.40. The van der Waals surface area contributed by atoms with Gasteiger partial charge in [0.25, 0.3) is 0 Å². The number of methoxy groups -OCH3 is 1. The van der Waals surface area contributed by atoms with Gasteiger partial charge in [0.1, 0.15) is 0 Å². The second-order valence-corrected chi connectivity index (χ2v) is 5.52. The molecule has 0 aliphatic heterocycles. The molecule has 3 unspecified atom stereocenters. The molecule has 0 spiro atoms. The van der Waals surface area contributed by atoms with Crippen molar-refractivity contribution < 1.29 is 13.9 Å². The minimum Gasteiger partial charge on any atom is -0.469 e. The molecule has 2 fully saturated rings. The Hall–Kier alpha value is -1.56. The molecule has 1 aromatic rings. The van der Waals surface area contributed by atoms with E-state index in [1.165, 1.54) is 7.11 Å². The molecule has 1 heterocycles. The summed E-state index contributed by atoms with van der Waals surface area (Å²) in [5.41, 5.74) is 0. The van der Waals surface area contributed by atoms with Gasteiger partial charge in [-0.25, -0.2) is 14.4 Å². The second kappa shape index (κ2) is 5.09. The Morgan fingerprint density at radius 3 is 3.10 bits per heavy atom. The number of aromatic nitrogens is 2. The van der Waals surface area contributed by atoms with E-state index in [1.54, 1.807) is 6.21 Å². The van der Waals surface area contributed by atoms with Gasteiger partial charge in [0.2, 0.25) is 5.28 Å². The summed E-state index contributed by atoms with van der Waals surface area (Å²) >= 11 is 5.61. The monoisotopic (exact) mass is 297 g/mol.